The smallest absolute Gasteiger partial charge is 0.288 e. The van der Waals surface area contributed by atoms with Crippen LogP contribution < -0.4 is 5.32 Å². The predicted octanol–water partition coefficient (Wildman–Crippen LogP) is 2.61. The molecule has 0 radical (unpaired) electrons. The van der Waals surface area contributed by atoms with Crippen molar-refractivity contribution >= 4 is 21.2 Å². The van der Waals surface area contributed by atoms with Crippen LogP contribution in [0.5, 0.6) is 0 Å². The molecule has 0 spiro atoms. The molecule has 0 fully saturated rings. The molecule has 0 bridgehead atoms. The molecule has 1 N–H and O–H groups in total. The molecule has 0 aromatic heterocycles. The SMILES string of the molecule is COC(C)(C)CC(C)Nc1ccc([N+](=O)[O-])c(S(C)(=O)=O)c1. The van der Waals surface area contributed by atoms with Gasteiger partial charge in [-0.3, -0.25) is 10.1 Å². The average Bonchev–Trinajstić information content (AvgIpc) is 2.36. The summed E-state index contributed by atoms with van der Waals surface area (Å²) < 4.78 is 28.8. The summed E-state index contributed by atoms with van der Waals surface area (Å²) in [5.41, 5.74) is -0.226. The third-order valence-electron chi connectivity index (χ3n) is 3.32. The summed E-state index contributed by atoms with van der Waals surface area (Å²) in [6, 6.07) is 4.00. The predicted molar refractivity (Wildman–Crippen MR) is 85.0 cm³/mol. The van der Waals surface area contributed by atoms with E-state index in [1.165, 1.54) is 18.2 Å². The summed E-state index contributed by atoms with van der Waals surface area (Å²) in [6.07, 6.45) is 1.64. The third kappa shape index (κ3) is 4.96. The maximum Gasteiger partial charge on any atom is 0.288 e. The zero-order valence-electron chi connectivity index (χ0n) is 13.4. The average molecular weight is 330 g/mol. The van der Waals surface area contributed by atoms with Gasteiger partial charge in [-0.2, -0.15) is 0 Å². The van der Waals surface area contributed by atoms with Gasteiger partial charge in [0.2, 0.25) is 0 Å². The molecule has 0 saturated carbocycles. The van der Waals surface area contributed by atoms with Gasteiger partial charge >= 0.3 is 0 Å². The second-order valence-corrected chi connectivity index (χ2v) is 7.91. The van der Waals surface area contributed by atoms with E-state index in [-0.39, 0.29) is 16.5 Å². The highest BCUT2D eigenvalue weighted by molar-refractivity contribution is 7.90. The van der Waals surface area contributed by atoms with E-state index in [0.717, 1.165) is 6.26 Å². The van der Waals surface area contributed by atoms with Crippen LogP contribution in [0.25, 0.3) is 0 Å². The van der Waals surface area contributed by atoms with Crippen LogP contribution in [-0.2, 0) is 14.6 Å². The summed E-state index contributed by atoms with van der Waals surface area (Å²) in [7, 11) is -2.06. The van der Waals surface area contributed by atoms with Crippen molar-refractivity contribution in [3.05, 3.63) is 28.3 Å². The summed E-state index contributed by atoms with van der Waals surface area (Å²) in [6.45, 7) is 5.83. The van der Waals surface area contributed by atoms with Crippen LogP contribution >= 0.6 is 0 Å². The minimum atomic E-state index is -3.68. The minimum absolute atomic E-state index is 0.00353. The lowest BCUT2D eigenvalue weighted by molar-refractivity contribution is -0.387. The maximum absolute atomic E-state index is 11.7. The molecule has 0 saturated heterocycles. The molecule has 22 heavy (non-hydrogen) atoms. The van der Waals surface area contributed by atoms with E-state index < -0.39 is 20.4 Å². The quantitative estimate of drug-likeness (QED) is 0.609. The van der Waals surface area contributed by atoms with Crippen LogP contribution in [0, 0.1) is 10.1 Å². The van der Waals surface area contributed by atoms with Crippen LogP contribution in [0.2, 0.25) is 0 Å². The Labute approximate surface area is 130 Å². The lowest BCUT2D eigenvalue weighted by Crippen LogP contribution is -2.31. The number of sulfone groups is 1. The van der Waals surface area contributed by atoms with Crippen molar-refractivity contribution in [2.24, 2.45) is 0 Å². The van der Waals surface area contributed by atoms with Gasteiger partial charge in [-0.25, -0.2) is 8.42 Å². The molecule has 0 aliphatic heterocycles. The first-order valence-corrected chi connectivity index (χ1v) is 8.65. The Bertz CT molecular complexity index is 655. The van der Waals surface area contributed by atoms with Crippen LogP contribution in [-0.4, -0.2) is 38.3 Å². The van der Waals surface area contributed by atoms with E-state index in [0.29, 0.717) is 12.1 Å². The lowest BCUT2D eigenvalue weighted by Gasteiger charge is -2.27. The van der Waals surface area contributed by atoms with E-state index in [4.69, 9.17) is 4.74 Å². The van der Waals surface area contributed by atoms with E-state index in [2.05, 4.69) is 5.32 Å². The fourth-order valence-corrected chi connectivity index (χ4v) is 3.07. The van der Waals surface area contributed by atoms with Crippen molar-refractivity contribution < 1.29 is 18.1 Å². The van der Waals surface area contributed by atoms with E-state index in [1.54, 1.807) is 7.11 Å². The molecule has 0 aliphatic rings. The Morgan fingerprint density at radius 3 is 2.45 bits per heavy atom. The number of nitro groups is 1. The molecule has 1 unspecified atom stereocenters. The molecular formula is C14H22N2O5S. The van der Waals surface area contributed by atoms with Gasteiger partial charge in [0.25, 0.3) is 5.69 Å². The van der Waals surface area contributed by atoms with Gasteiger partial charge in [0.15, 0.2) is 9.84 Å². The standard InChI is InChI=1S/C14H22N2O5S/c1-10(9-14(2,3)21-4)15-11-6-7-12(16(17)18)13(8-11)22(5,19)20/h6-8,10,15H,9H2,1-5H3. The van der Waals surface area contributed by atoms with E-state index >= 15 is 0 Å². The third-order valence-corrected chi connectivity index (χ3v) is 4.45. The number of nitrogens with zero attached hydrogens (tertiary/aromatic N) is 1. The number of anilines is 1. The summed E-state index contributed by atoms with van der Waals surface area (Å²) in [5.74, 6) is 0. The normalized spacial score (nSPS) is 13.7. The first kappa shape index (κ1) is 18.4. The van der Waals surface area contributed by atoms with Crippen molar-refractivity contribution in [3.63, 3.8) is 0 Å². The molecule has 8 heteroatoms. The Morgan fingerprint density at radius 1 is 1.41 bits per heavy atom. The number of nitrogens with one attached hydrogen (secondary N) is 1. The Kier molecular flexibility index (Phi) is 5.53. The van der Waals surface area contributed by atoms with Crippen LogP contribution in [0.4, 0.5) is 11.4 Å². The molecular weight excluding hydrogens is 308 g/mol. The van der Waals surface area contributed by atoms with Gasteiger partial charge in [-0.1, -0.05) is 0 Å². The van der Waals surface area contributed by atoms with Gasteiger partial charge in [-0.05, 0) is 39.3 Å². The van der Waals surface area contributed by atoms with Crippen molar-refractivity contribution in [3.8, 4) is 0 Å². The Morgan fingerprint density at radius 2 is 2.00 bits per heavy atom. The molecule has 1 aromatic rings. The summed E-state index contributed by atoms with van der Waals surface area (Å²) in [4.78, 5) is 9.94. The summed E-state index contributed by atoms with van der Waals surface area (Å²) in [5, 5.41) is 14.1. The lowest BCUT2D eigenvalue weighted by atomic mass is 10.00. The molecule has 1 atom stereocenters. The Hall–Kier alpha value is -1.67. The van der Waals surface area contributed by atoms with E-state index in [1.807, 2.05) is 20.8 Å². The Balaban J connectivity index is 3.06. The molecule has 0 heterocycles. The first-order valence-electron chi connectivity index (χ1n) is 6.76. The number of hydrogen-bond donors (Lipinski definition) is 1. The highest BCUT2D eigenvalue weighted by atomic mass is 32.2. The number of hydrogen-bond acceptors (Lipinski definition) is 6. The highest BCUT2D eigenvalue weighted by Crippen LogP contribution is 2.28. The molecule has 1 aromatic carbocycles. The molecule has 0 aliphatic carbocycles. The van der Waals surface area contributed by atoms with Gasteiger partial charge in [-0.15, -0.1) is 0 Å². The van der Waals surface area contributed by atoms with Crippen LogP contribution in [0.3, 0.4) is 0 Å². The van der Waals surface area contributed by atoms with Crippen LogP contribution in [0.15, 0.2) is 23.1 Å². The largest absolute Gasteiger partial charge is 0.382 e. The van der Waals surface area contributed by atoms with Crippen LogP contribution in [0.1, 0.15) is 27.2 Å². The number of ether oxygens (including phenoxy) is 1. The van der Waals surface area contributed by atoms with E-state index in [9.17, 15) is 18.5 Å². The van der Waals surface area contributed by atoms with Gasteiger partial charge < -0.3 is 10.1 Å². The zero-order valence-corrected chi connectivity index (χ0v) is 14.2. The second kappa shape index (κ2) is 6.62. The number of benzene rings is 1. The fraction of sp³-hybridized carbons (Fsp3) is 0.571. The van der Waals surface area contributed by atoms with Crippen molar-refractivity contribution in [2.75, 3.05) is 18.7 Å². The second-order valence-electron chi connectivity index (χ2n) is 5.93. The maximum atomic E-state index is 11.7. The molecule has 0 amide bonds. The fourth-order valence-electron chi connectivity index (χ4n) is 2.21. The zero-order chi connectivity index (χ0) is 17.1. The number of methoxy groups -OCH3 is 1. The first-order chi connectivity index (χ1) is 9.96. The van der Waals surface area contributed by atoms with Gasteiger partial charge in [0, 0.05) is 31.2 Å². The number of nitro benzene ring substituents is 1. The van der Waals surface area contributed by atoms with Gasteiger partial charge in [0.1, 0.15) is 4.90 Å². The molecule has 124 valence electrons. The van der Waals surface area contributed by atoms with Crippen molar-refractivity contribution in [2.45, 2.75) is 43.7 Å². The van der Waals surface area contributed by atoms with Crippen molar-refractivity contribution in [1.29, 1.82) is 0 Å². The molecule has 1 rings (SSSR count). The highest BCUT2D eigenvalue weighted by Gasteiger charge is 2.24. The van der Waals surface area contributed by atoms with Gasteiger partial charge in [0.05, 0.1) is 10.5 Å². The minimum Gasteiger partial charge on any atom is -0.382 e. The molecule has 7 nitrogen and oxygen atoms in total. The summed E-state index contributed by atoms with van der Waals surface area (Å²) >= 11 is 0. The van der Waals surface area contributed by atoms with Crippen molar-refractivity contribution in [1.82, 2.24) is 0 Å². The monoisotopic (exact) mass is 330 g/mol. The topological polar surface area (TPSA) is 98.5 Å². The number of rotatable bonds is 7.